The van der Waals surface area contributed by atoms with Gasteiger partial charge in [-0.05, 0) is 21.5 Å². The van der Waals surface area contributed by atoms with Gasteiger partial charge in [-0.15, -0.1) is 0 Å². The fourth-order valence-corrected chi connectivity index (χ4v) is 2.44. The van der Waals surface area contributed by atoms with E-state index < -0.39 is 0 Å². The molecule has 1 aromatic carbocycles. The van der Waals surface area contributed by atoms with Gasteiger partial charge in [-0.25, -0.2) is 9.97 Å². The number of ether oxygens (including phenoxy) is 1. The molecule has 104 valence electrons. The van der Waals surface area contributed by atoms with Crippen LogP contribution in [0.25, 0.3) is 11.4 Å². The summed E-state index contributed by atoms with van der Waals surface area (Å²) in [6.07, 6.45) is 3.54. The van der Waals surface area contributed by atoms with Crippen LogP contribution in [0.4, 0.5) is 0 Å². The Morgan fingerprint density at radius 2 is 1.70 bits per heavy atom. The molecule has 2 heterocycles. The molecule has 20 heavy (non-hydrogen) atoms. The molecular weight excluding hydrogens is 318 g/mol. The molecule has 0 radical (unpaired) electrons. The smallest absolute Gasteiger partial charge is 0.159 e. The minimum atomic E-state index is 0.756. The molecule has 1 aliphatic heterocycles. The molecule has 1 aromatic heterocycles. The standard InChI is InChI=1S/C15H16BrN3O/c16-14-9-17-15(18-10-14)13-3-1-12(2-4-13)11-19-5-7-20-8-6-19/h1-4,9-10H,5-8,11H2. The first-order valence-corrected chi connectivity index (χ1v) is 7.47. The number of morpholine rings is 1. The van der Waals surface area contributed by atoms with E-state index in [2.05, 4.69) is 55.1 Å². The van der Waals surface area contributed by atoms with Crippen molar-refractivity contribution >= 4 is 15.9 Å². The van der Waals surface area contributed by atoms with E-state index in [0.717, 1.165) is 48.7 Å². The SMILES string of the molecule is Brc1cnc(-c2ccc(CN3CCOCC3)cc2)nc1. The Morgan fingerprint density at radius 1 is 1.05 bits per heavy atom. The molecule has 5 heteroatoms. The molecule has 2 aromatic rings. The molecule has 4 nitrogen and oxygen atoms in total. The second-order valence-electron chi connectivity index (χ2n) is 4.81. The maximum absolute atomic E-state index is 5.36. The van der Waals surface area contributed by atoms with Gasteiger partial charge in [0, 0.05) is 37.6 Å². The van der Waals surface area contributed by atoms with Gasteiger partial charge in [0.05, 0.1) is 17.7 Å². The van der Waals surface area contributed by atoms with Crippen molar-refractivity contribution < 1.29 is 4.74 Å². The monoisotopic (exact) mass is 333 g/mol. The zero-order valence-electron chi connectivity index (χ0n) is 11.1. The molecule has 0 amide bonds. The van der Waals surface area contributed by atoms with Gasteiger partial charge < -0.3 is 4.74 Å². The van der Waals surface area contributed by atoms with Crippen molar-refractivity contribution in [2.75, 3.05) is 26.3 Å². The van der Waals surface area contributed by atoms with Crippen molar-refractivity contribution in [2.45, 2.75) is 6.54 Å². The first-order chi connectivity index (χ1) is 9.81. The highest BCUT2D eigenvalue weighted by Crippen LogP contribution is 2.17. The maximum Gasteiger partial charge on any atom is 0.159 e. The molecule has 0 spiro atoms. The third-order valence-electron chi connectivity index (χ3n) is 3.34. The van der Waals surface area contributed by atoms with E-state index in [0.29, 0.717) is 0 Å². The molecule has 1 aliphatic rings. The summed E-state index contributed by atoms with van der Waals surface area (Å²) < 4.78 is 6.26. The van der Waals surface area contributed by atoms with Crippen LogP contribution >= 0.6 is 15.9 Å². The Balaban J connectivity index is 1.69. The van der Waals surface area contributed by atoms with Gasteiger partial charge >= 0.3 is 0 Å². The van der Waals surface area contributed by atoms with Crippen LogP contribution in [0.5, 0.6) is 0 Å². The zero-order valence-corrected chi connectivity index (χ0v) is 12.7. The summed E-state index contributed by atoms with van der Waals surface area (Å²) in [6.45, 7) is 4.68. The molecular formula is C15H16BrN3O. The van der Waals surface area contributed by atoms with E-state index in [1.807, 2.05) is 0 Å². The van der Waals surface area contributed by atoms with Crippen molar-refractivity contribution in [3.63, 3.8) is 0 Å². The van der Waals surface area contributed by atoms with Crippen LogP contribution in [0, 0.1) is 0 Å². The molecule has 1 saturated heterocycles. The highest BCUT2D eigenvalue weighted by Gasteiger charge is 2.10. The highest BCUT2D eigenvalue weighted by molar-refractivity contribution is 9.10. The zero-order chi connectivity index (χ0) is 13.8. The van der Waals surface area contributed by atoms with Crippen LogP contribution in [0.1, 0.15) is 5.56 Å². The predicted molar refractivity (Wildman–Crippen MR) is 81.3 cm³/mol. The third-order valence-corrected chi connectivity index (χ3v) is 3.75. The van der Waals surface area contributed by atoms with Gasteiger partial charge in [-0.3, -0.25) is 4.90 Å². The fourth-order valence-electron chi connectivity index (χ4n) is 2.24. The fraction of sp³-hybridized carbons (Fsp3) is 0.333. The summed E-state index contributed by atoms with van der Waals surface area (Å²) in [7, 11) is 0. The van der Waals surface area contributed by atoms with Gasteiger partial charge in [-0.2, -0.15) is 0 Å². The maximum atomic E-state index is 5.36. The normalized spacial score (nSPS) is 16.2. The van der Waals surface area contributed by atoms with Gasteiger partial charge in [-0.1, -0.05) is 24.3 Å². The molecule has 3 rings (SSSR count). The van der Waals surface area contributed by atoms with Gasteiger partial charge in [0.15, 0.2) is 5.82 Å². The van der Waals surface area contributed by atoms with Crippen molar-refractivity contribution in [2.24, 2.45) is 0 Å². The molecule has 0 N–H and O–H groups in total. The largest absolute Gasteiger partial charge is 0.379 e. The first-order valence-electron chi connectivity index (χ1n) is 6.68. The van der Waals surface area contributed by atoms with Crippen molar-refractivity contribution in [3.05, 3.63) is 46.7 Å². The van der Waals surface area contributed by atoms with Crippen molar-refractivity contribution in [1.82, 2.24) is 14.9 Å². The Kier molecular flexibility index (Phi) is 4.40. The lowest BCUT2D eigenvalue weighted by atomic mass is 10.1. The molecule has 0 unspecified atom stereocenters. The quantitative estimate of drug-likeness (QED) is 0.865. The van der Waals surface area contributed by atoms with Crippen LogP contribution in [0.15, 0.2) is 41.1 Å². The van der Waals surface area contributed by atoms with Gasteiger partial charge in [0.1, 0.15) is 0 Å². The van der Waals surface area contributed by atoms with Crippen LogP contribution in [0.2, 0.25) is 0 Å². The number of hydrogen-bond donors (Lipinski definition) is 0. The van der Waals surface area contributed by atoms with Crippen LogP contribution in [0.3, 0.4) is 0 Å². The summed E-state index contributed by atoms with van der Waals surface area (Å²) in [5.74, 6) is 0.756. The topological polar surface area (TPSA) is 38.2 Å². The minimum absolute atomic E-state index is 0.756. The average Bonchev–Trinajstić information content (AvgIpc) is 2.50. The lowest BCUT2D eigenvalue weighted by molar-refractivity contribution is 0.0342. The van der Waals surface area contributed by atoms with Crippen LogP contribution in [-0.2, 0) is 11.3 Å². The Morgan fingerprint density at radius 3 is 2.35 bits per heavy atom. The van der Waals surface area contributed by atoms with Crippen LogP contribution < -0.4 is 0 Å². The Hall–Kier alpha value is -1.30. The summed E-state index contributed by atoms with van der Waals surface area (Å²) in [4.78, 5) is 11.0. The Labute approximate surface area is 126 Å². The van der Waals surface area contributed by atoms with E-state index in [1.165, 1.54) is 5.56 Å². The van der Waals surface area contributed by atoms with E-state index in [1.54, 1.807) is 12.4 Å². The minimum Gasteiger partial charge on any atom is -0.379 e. The number of rotatable bonds is 3. The van der Waals surface area contributed by atoms with Gasteiger partial charge in [0.25, 0.3) is 0 Å². The molecule has 0 atom stereocenters. The number of hydrogen-bond acceptors (Lipinski definition) is 4. The third kappa shape index (κ3) is 3.42. The lowest BCUT2D eigenvalue weighted by Gasteiger charge is -2.26. The predicted octanol–water partition coefficient (Wildman–Crippen LogP) is 2.74. The average molecular weight is 334 g/mol. The second-order valence-corrected chi connectivity index (χ2v) is 5.73. The molecule has 0 bridgehead atoms. The van der Waals surface area contributed by atoms with Crippen molar-refractivity contribution in [1.29, 1.82) is 0 Å². The van der Waals surface area contributed by atoms with Crippen molar-refractivity contribution in [3.8, 4) is 11.4 Å². The lowest BCUT2D eigenvalue weighted by Crippen LogP contribution is -2.35. The second kappa shape index (κ2) is 6.43. The number of nitrogens with zero attached hydrogens (tertiary/aromatic N) is 3. The van der Waals surface area contributed by atoms with E-state index in [9.17, 15) is 0 Å². The number of halogens is 1. The van der Waals surface area contributed by atoms with E-state index in [4.69, 9.17) is 4.74 Å². The summed E-state index contributed by atoms with van der Waals surface area (Å²) in [5.41, 5.74) is 2.36. The molecule has 0 saturated carbocycles. The summed E-state index contributed by atoms with van der Waals surface area (Å²) in [6, 6.07) is 8.46. The molecule has 0 aliphatic carbocycles. The van der Waals surface area contributed by atoms with E-state index >= 15 is 0 Å². The molecule has 1 fully saturated rings. The number of aromatic nitrogens is 2. The summed E-state index contributed by atoms with van der Waals surface area (Å²) in [5, 5.41) is 0. The Bertz CT molecular complexity index is 550. The number of benzene rings is 1. The van der Waals surface area contributed by atoms with E-state index in [-0.39, 0.29) is 0 Å². The van der Waals surface area contributed by atoms with Gasteiger partial charge in [0.2, 0.25) is 0 Å². The first kappa shape index (κ1) is 13.7. The highest BCUT2D eigenvalue weighted by atomic mass is 79.9. The van der Waals surface area contributed by atoms with Crippen LogP contribution in [-0.4, -0.2) is 41.2 Å². The summed E-state index contributed by atoms with van der Waals surface area (Å²) >= 11 is 3.34.